The van der Waals surface area contributed by atoms with Gasteiger partial charge in [0.25, 0.3) is 0 Å². The van der Waals surface area contributed by atoms with Crippen molar-refractivity contribution in [3.8, 4) is 0 Å². The van der Waals surface area contributed by atoms with Gasteiger partial charge in [0, 0.05) is 11.9 Å². The van der Waals surface area contributed by atoms with Crippen LogP contribution in [0.2, 0.25) is 0 Å². The summed E-state index contributed by atoms with van der Waals surface area (Å²) in [6.07, 6.45) is -1.55. The van der Waals surface area contributed by atoms with Crippen LogP contribution in [0.3, 0.4) is 0 Å². The summed E-state index contributed by atoms with van der Waals surface area (Å²) in [4.78, 5) is 0. The van der Waals surface area contributed by atoms with Gasteiger partial charge in [-0.3, -0.25) is 0 Å². The third-order valence-electron chi connectivity index (χ3n) is 3.89. The lowest BCUT2D eigenvalue weighted by Crippen LogP contribution is -2.25. The van der Waals surface area contributed by atoms with Crippen molar-refractivity contribution in [1.82, 2.24) is 10.3 Å². The van der Waals surface area contributed by atoms with Crippen LogP contribution in [-0.4, -0.2) is 41.1 Å². The molecule has 26 heavy (non-hydrogen) atoms. The summed E-state index contributed by atoms with van der Waals surface area (Å²) in [7, 11) is -4.69. The fraction of sp³-hybridized carbons (Fsp3) is 0.471. The summed E-state index contributed by atoms with van der Waals surface area (Å²) in [6.45, 7) is 1.27. The molecule has 1 aromatic heterocycles. The molecule has 0 spiro atoms. The Labute approximate surface area is 160 Å². The molecule has 1 saturated heterocycles. The Hall–Kier alpha value is -2.29. The van der Waals surface area contributed by atoms with E-state index in [4.69, 9.17) is 14.2 Å². The first-order valence-corrected chi connectivity index (χ1v) is 9.14. The zero-order chi connectivity index (χ0) is 24.9. The number of halogens is 1. The highest BCUT2D eigenvalue weighted by Crippen LogP contribution is 2.24. The second-order valence-electron chi connectivity index (χ2n) is 5.85. The monoisotopic (exact) mass is 388 g/mol. The molecule has 0 bridgehead atoms. The van der Waals surface area contributed by atoms with Crippen LogP contribution in [0.5, 0.6) is 0 Å². The lowest BCUT2D eigenvalue weighted by atomic mass is 9.94. The van der Waals surface area contributed by atoms with E-state index >= 15 is 0 Å². The van der Waals surface area contributed by atoms with Gasteiger partial charge in [-0.1, -0.05) is 22.4 Å². The van der Waals surface area contributed by atoms with Crippen LogP contribution in [0.1, 0.15) is 45.0 Å². The van der Waals surface area contributed by atoms with E-state index < -0.39 is 64.3 Å². The largest absolute Gasteiger partial charge is 0.411 e. The first kappa shape index (κ1) is 11.4. The maximum Gasteiger partial charge on any atom is 0.156 e. The summed E-state index contributed by atoms with van der Waals surface area (Å²) in [5.41, 5.74) is -6.19. The molecule has 7 nitrogen and oxygen atoms in total. The smallest absolute Gasteiger partial charge is 0.156 e. The Kier molecular flexibility index (Phi) is 3.31. The van der Waals surface area contributed by atoms with Crippen molar-refractivity contribution < 1.29 is 32.2 Å². The Morgan fingerprint density at radius 2 is 2.19 bits per heavy atom. The molecule has 1 aliphatic rings. The van der Waals surface area contributed by atoms with Crippen LogP contribution in [0.4, 0.5) is 4.39 Å². The molecule has 0 radical (unpaired) electrons. The van der Waals surface area contributed by atoms with Gasteiger partial charge in [0.2, 0.25) is 0 Å². The lowest BCUT2D eigenvalue weighted by Gasteiger charge is -2.20. The van der Waals surface area contributed by atoms with Gasteiger partial charge < -0.3 is 5.21 Å². The minimum atomic E-state index is -4.69. The van der Waals surface area contributed by atoms with Gasteiger partial charge in [0.1, 0.15) is 27.1 Å². The molecule has 0 atom stereocenters. The van der Waals surface area contributed by atoms with E-state index in [2.05, 4.69) is 15.5 Å². The highest BCUT2D eigenvalue weighted by Gasteiger charge is 2.27. The number of hydrogen-bond acceptors (Lipinski definition) is 7. The summed E-state index contributed by atoms with van der Waals surface area (Å²) >= 11 is 0. The van der Waals surface area contributed by atoms with Crippen LogP contribution < -0.4 is 0 Å². The summed E-state index contributed by atoms with van der Waals surface area (Å²) in [5.74, 6) is -1.81. The van der Waals surface area contributed by atoms with Gasteiger partial charge in [0.05, 0.1) is 15.5 Å². The molecule has 1 aliphatic heterocycles. The first-order chi connectivity index (χ1) is 15.1. The topological polar surface area (TPSA) is 106 Å². The van der Waals surface area contributed by atoms with Gasteiger partial charge >= 0.3 is 0 Å². The van der Waals surface area contributed by atoms with Crippen molar-refractivity contribution in [3.05, 3.63) is 46.5 Å². The molecule has 0 aliphatic carbocycles. The Balaban J connectivity index is 1.92. The molecule has 3 rings (SSSR count). The fourth-order valence-corrected chi connectivity index (χ4v) is 3.53. The first-order valence-electron chi connectivity index (χ1n) is 11.2. The van der Waals surface area contributed by atoms with Crippen molar-refractivity contribution in [2.24, 2.45) is 11.1 Å². The second-order valence-corrected chi connectivity index (χ2v) is 7.43. The number of rotatable bonds is 5. The second kappa shape index (κ2) is 7.53. The SMILES string of the molecule is [2H]c1c([2H])c(CC(=NO)c2nonc2CC2CC([2H])([2H])S(=O)(=O)C([2H])([2H])C2)c([2H])c(C)c1F. The molecule has 9 heteroatoms. The highest BCUT2D eigenvalue weighted by atomic mass is 32.2. The maximum atomic E-state index is 14.0. The van der Waals surface area contributed by atoms with Crippen molar-refractivity contribution in [3.63, 3.8) is 0 Å². The van der Waals surface area contributed by atoms with Gasteiger partial charge in [0.15, 0.2) is 5.69 Å². The number of nitrogens with zero attached hydrogens (tertiary/aromatic N) is 3. The van der Waals surface area contributed by atoms with Crippen LogP contribution in [0.25, 0.3) is 0 Å². The highest BCUT2D eigenvalue weighted by molar-refractivity contribution is 7.91. The fourth-order valence-electron chi connectivity index (χ4n) is 2.51. The minimum absolute atomic E-state index is 0.0293. The molecule has 1 fully saturated rings. The van der Waals surface area contributed by atoms with Gasteiger partial charge in [-0.05, 0) is 54.4 Å². The molecular weight excluding hydrogens is 361 g/mol. The molecule has 1 N–H and O–H groups in total. The van der Waals surface area contributed by atoms with Gasteiger partial charge in [-0.25, -0.2) is 17.4 Å². The number of benzene rings is 1. The van der Waals surface area contributed by atoms with Crippen LogP contribution in [-0.2, 0) is 22.7 Å². The molecule has 0 saturated carbocycles. The van der Waals surface area contributed by atoms with Crippen molar-refractivity contribution in [2.45, 2.75) is 32.6 Å². The molecule has 2 aromatic rings. The third kappa shape index (κ3) is 4.27. The van der Waals surface area contributed by atoms with E-state index in [1.54, 1.807) is 0 Å². The minimum Gasteiger partial charge on any atom is -0.411 e. The standard InChI is InChI=1S/C17H20FN3O4S/c1-11-8-13(2-3-14(11)18)10-15(19-22)17-16(20-25-21-17)9-12-4-6-26(23,24)7-5-12/h2-3,8,12,22H,4-7,9-10H2,1H3/i2D,3D,6D2,7D2,8D. The summed E-state index contributed by atoms with van der Waals surface area (Å²) < 4.78 is 97.9. The predicted molar refractivity (Wildman–Crippen MR) is 92.5 cm³/mol. The zero-order valence-corrected chi connectivity index (χ0v) is 14.5. The maximum absolute atomic E-state index is 14.0. The van der Waals surface area contributed by atoms with Gasteiger partial charge in [-0.2, -0.15) is 0 Å². The lowest BCUT2D eigenvalue weighted by molar-refractivity contribution is 0.298. The molecule has 2 heterocycles. The molecular formula is C17H20FN3O4S. The van der Waals surface area contributed by atoms with Crippen molar-refractivity contribution in [2.75, 3.05) is 11.4 Å². The van der Waals surface area contributed by atoms with Crippen LogP contribution >= 0.6 is 0 Å². The molecule has 0 amide bonds. The molecule has 0 unspecified atom stereocenters. The number of sulfone groups is 1. The van der Waals surface area contributed by atoms with Gasteiger partial charge in [-0.15, -0.1) is 0 Å². The average Bonchev–Trinajstić information content (AvgIpc) is 3.17. The quantitative estimate of drug-likeness (QED) is 0.479. The molecule has 140 valence electrons. The van der Waals surface area contributed by atoms with Crippen molar-refractivity contribution >= 4 is 15.5 Å². The van der Waals surface area contributed by atoms with E-state index in [1.807, 2.05) is 0 Å². The predicted octanol–water partition coefficient (Wildman–Crippen LogP) is 2.31. The summed E-state index contributed by atoms with van der Waals surface area (Å²) in [5, 5.41) is 20.0. The van der Waals surface area contributed by atoms with E-state index in [0.29, 0.717) is 0 Å². The van der Waals surface area contributed by atoms with E-state index in [9.17, 15) is 18.0 Å². The van der Waals surface area contributed by atoms with E-state index in [-0.39, 0.29) is 40.7 Å². The van der Waals surface area contributed by atoms with Crippen LogP contribution in [0, 0.1) is 18.7 Å². The normalized spacial score (nSPS) is 25.9. The third-order valence-corrected chi connectivity index (χ3v) is 4.99. The average molecular weight is 388 g/mol. The Morgan fingerprint density at radius 1 is 1.46 bits per heavy atom. The summed E-state index contributed by atoms with van der Waals surface area (Å²) in [6, 6.07) is -1.64. The number of hydrogen-bond donors (Lipinski definition) is 1. The Morgan fingerprint density at radius 3 is 2.88 bits per heavy atom. The van der Waals surface area contributed by atoms with Crippen molar-refractivity contribution in [1.29, 1.82) is 0 Å². The number of aromatic nitrogens is 2. The van der Waals surface area contributed by atoms with Crippen LogP contribution in [0.15, 0.2) is 27.9 Å². The molecule has 1 aromatic carbocycles. The zero-order valence-electron chi connectivity index (χ0n) is 20.7. The van der Waals surface area contributed by atoms with E-state index in [0.717, 1.165) is 0 Å². The number of oxime groups is 1. The van der Waals surface area contributed by atoms with E-state index in [1.165, 1.54) is 6.92 Å². The Bertz CT molecular complexity index is 1180.